The summed E-state index contributed by atoms with van der Waals surface area (Å²) in [5.41, 5.74) is 8.30. The maximum Gasteiger partial charge on any atom is 0.416 e. The minimum Gasteiger partial charge on any atom is -0.310 e. The van der Waals surface area contributed by atoms with E-state index in [1.165, 1.54) is 6.07 Å². The average Bonchev–Trinajstić information content (AvgIpc) is 3.86. The summed E-state index contributed by atoms with van der Waals surface area (Å²) in [7, 11) is 0. The Kier molecular flexibility index (Phi) is 7.97. The molecular weight excluding hydrogens is 728 g/mol. The van der Waals surface area contributed by atoms with E-state index in [2.05, 4.69) is 95.9 Å². The predicted molar refractivity (Wildman–Crippen MR) is 224 cm³/mol. The molecule has 55 heavy (non-hydrogen) atoms. The number of fused-ring (bicyclic) bond motifs is 4. The Hall–Kier alpha value is -6.35. The van der Waals surface area contributed by atoms with Crippen molar-refractivity contribution in [2.75, 3.05) is 4.90 Å². The third-order valence-electron chi connectivity index (χ3n) is 9.93. The van der Waals surface area contributed by atoms with Gasteiger partial charge in [-0.05, 0) is 136 Å². The van der Waals surface area contributed by atoms with E-state index in [0.717, 1.165) is 92.0 Å². The fourth-order valence-corrected chi connectivity index (χ4v) is 9.14. The van der Waals surface area contributed by atoms with Gasteiger partial charge in [0.2, 0.25) is 0 Å². The van der Waals surface area contributed by atoms with Gasteiger partial charge in [-0.1, -0.05) is 66.7 Å². The second kappa shape index (κ2) is 13.2. The summed E-state index contributed by atoms with van der Waals surface area (Å²) < 4.78 is 42.7. The summed E-state index contributed by atoms with van der Waals surface area (Å²) in [6.07, 6.45) is -4.39. The number of nitrogens with zero attached hydrogens (tertiary/aromatic N) is 3. The van der Waals surface area contributed by atoms with Gasteiger partial charge in [-0.25, -0.2) is 9.97 Å². The Balaban J connectivity index is 1.03. The first-order valence-corrected chi connectivity index (χ1v) is 19.3. The molecule has 0 N–H and O–H groups in total. The van der Waals surface area contributed by atoms with Crippen LogP contribution in [-0.4, -0.2) is 9.97 Å². The van der Waals surface area contributed by atoms with Gasteiger partial charge in [-0.2, -0.15) is 13.2 Å². The van der Waals surface area contributed by atoms with Crippen molar-refractivity contribution in [3.63, 3.8) is 0 Å². The van der Waals surface area contributed by atoms with Crippen LogP contribution in [0, 0.1) is 0 Å². The summed E-state index contributed by atoms with van der Waals surface area (Å²) in [6, 6.07) is 55.6. The normalized spacial score (nSPS) is 11.9. The topological polar surface area (TPSA) is 29.0 Å². The molecule has 0 aliphatic heterocycles. The van der Waals surface area contributed by atoms with Crippen molar-refractivity contribution in [1.82, 2.24) is 9.97 Å². The molecule has 0 aliphatic rings. The fourth-order valence-electron chi connectivity index (χ4n) is 7.20. The SMILES string of the molecule is FC(F)(F)c1ccc2c(-c3ccc4cc(N(c5ccc(-c6nc7ccccc7s6)cc5)c5ccc(-c6nc7ccccc7s6)cc5)ccc4c3)cccc2c1. The lowest BCUT2D eigenvalue weighted by molar-refractivity contribution is -0.137. The van der Waals surface area contributed by atoms with Crippen LogP contribution in [0.15, 0.2) is 170 Å². The summed E-state index contributed by atoms with van der Waals surface area (Å²) in [6.45, 7) is 0. The summed E-state index contributed by atoms with van der Waals surface area (Å²) in [5.74, 6) is 0. The molecule has 8 aromatic carbocycles. The van der Waals surface area contributed by atoms with Crippen molar-refractivity contribution in [3.05, 3.63) is 175 Å². The Bertz CT molecular complexity index is 2850. The number of anilines is 3. The molecule has 0 spiro atoms. The monoisotopic (exact) mass is 755 g/mol. The van der Waals surface area contributed by atoms with Gasteiger partial charge in [-0.15, -0.1) is 22.7 Å². The molecule has 264 valence electrons. The fraction of sp³-hybridized carbons (Fsp3) is 0.0213. The molecule has 0 fully saturated rings. The van der Waals surface area contributed by atoms with Gasteiger partial charge in [0.25, 0.3) is 0 Å². The molecule has 0 aliphatic carbocycles. The number of halogens is 3. The van der Waals surface area contributed by atoms with Crippen molar-refractivity contribution in [1.29, 1.82) is 0 Å². The van der Waals surface area contributed by atoms with Crippen molar-refractivity contribution in [3.8, 4) is 32.3 Å². The number of benzene rings is 8. The molecule has 0 saturated carbocycles. The standard InChI is InChI=1S/C47H28F3N3S2/c48-47(49,50)35-19-25-40-33(27-35)6-5-7-39(40)34-13-12-32-28-38(24-18-31(32)26-34)53(36-20-14-29(15-21-36)45-51-41-8-1-3-10-43(41)54-45)37-22-16-30(17-23-37)46-52-42-9-2-4-11-44(42)55-46/h1-28H. The molecule has 8 heteroatoms. The van der Waals surface area contributed by atoms with Crippen LogP contribution in [0.4, 0.5) is 30.2 Å². The van der Waals surface area contributed by atoms with Crippen LogP contribution in [0.5, 0.6) is 0 Å². The van der Waals surface area contributed by atoms with Gasteiger partial charge in [-0.3, -0.25) is 0 Å². The van der Waals surface area contributed by atoms with Crippen LogP contribution in [0.3, 0.4) is 0 Å². The molecular formula is C47H28F3N3S2. The molecule has 0 atom stereocenters. The molecule has 0 amide bonds. The highest BCUT2D eigenvalue weighted by Crippen LogP contribution is 2.41. The zero-order valence-electron chi connectivity index (χ0n) is 29.0. The van der Waals surface area contributed by atoms with Crippen LogP contribution in [0.25, 0.3) is 74.2 Å². The van der Waals surface area contributed by atoms with E-state index >= 15 is 0 Å². The van der Waals surface area contributed by atoms with Crippen LogP contribution in [0.1, 0.15) is 5.56 Å². The van der Waals surface area contributed by atoms with E-state index in [4.69, 9.17) is 9.97 Å². The number of alkyl halides is 3. The Morgan fingerprint density at radius 3 is 1.58 bits per heavy atom. The second-order valence-corrected chi connectivity index (χ2v) is 15.4. The summed E-state index contributed by atoms with van der Waals surface area (Å²) >= 11 is 3.37. The van der Waals surface area contributed by atoms with Crippen LogP contribution in [0.2, 0.25) is 0 Å². The van der Waals surface area contributed by atoms with E-state index in [0.29, 0.717) is 5.39 Å². The zero-order chi connectivity index (χ0) is 37.1. The van der Waals surface area contributed by atoms with Crippen molar-refractivity contribution >= 4 is 81.7 Å². The smallest absolute Gasteiger partial charge is 0.310 e. The summed E-state index contributed by atoms with van der Waals surface area (Å²) in [5, 5.41) is 5.37. The molecule has 2 heterocycles. The molecule has 10 aromatic rings. The Morgan fingerprint density at radius 2 is 0.982 bits per heavy atom. The van der Waals surface area contributed by atoms with Crippen molar-refractivity contribution in [2.45, 2.75) is 6.18 Å². The Labute approximate surface area is 322 Å². The molecule has 3 nitrogen and oxygen atoms in total. The van der Waals surface area contributed by atoms with Crippen LogP contribution < -0.4 is 4.90 Å². The molecule has 2 aromatic heterocycles. The lowest BCUT2D eigenvalue weighted by atomic mass is 9.95. The van der Waals surface area contributed by atoms with E-state index in [-0.39, 0.29) is 0 Å². The van der Waals surface area contributed by atoms with Crippen molar-refractivity contribution in [2.24, 2.45) is 0 Å². The van der Waals surface area contributed by atoms with Crippen LogP contribution >= 0.6 is 22.7 Å². The second-order valence-electron chi connectivity index (χ2n) is 13.4. The van der Waals surface area contributed by atoms with Crippen LogP contribution in [-0.2, 0) is 6.18 Å². The first-order valence-electron chi connectivity index (χ1n) is 17.7. The lowest BCUT2D eigenvalue weighted by Gasteiger charge is -2.26. The van der Waals surface area contributed by atoms with Crippen molar-refractivity contribution < 1.29 is 13.2 Å². The summed E-state index contributed by atoms with van der Waals surface area (Å²) in [4.78, 5) is 12.0. The highest BCUT2D eigenvalue weighted by atomic mass is 32.1. The van der Waals surface area contributed by atoms with Gasteiger partial charge in [0.1, 0.15) is 10.0 Å². The maximum absolute atomic E-state index is 13.5. The van der Waals surface area contributed by atoms with E-state index in [9.17, 15) is 13.2 Å². The maximum atomic E-state index is 13.5. The molecule has 0 radical (unpaired) electrons. The quantitative estimate of drug-likeness (QED) is 0.169. The van der Waals surface area contributed by atoms with Gasteiger partial charge < -0.3 is 4.90 Å². The minimum atomic E-state index is -4.39. The van der Waals surface area contributed by atoms with Gasteiger partial charge >= 0.3 is 6.18 Å². The third-order valence-corrected chi connectivity index (χ3v) is 12.1. The number of para-hydroxylation sites is 2. The molecule has 10 rings (SSSR count). The van der Waals surface area contributed by atoms with E-state index < -0.39 is 11.7 Å². The molecule has 0 bridgehead atoms. The van der Waals surface area contributed by atoms with Gasteiger partial charge in [0.05, 0.1) is 26.0 Å². The first-order chi connectivity index (χ1) is 26.8. The predicted octanol–water partition coefficient (Wildman–Crippen LogP) is 14.7. The van der Waals surface area contributed by atoms with E-state index in [1.54, 1.807) is 34.8 Å². The minimum absolute atomic E-state index is 0.557. The average molecular weight is 756 g/mol. The molecule has 0 saturated heterocycles. The molecule has 0 unspecified atom stereocenters. The number of rotatable bonds is 6. The van der Waals surface area contributed by atoms with Gasteiger partial charge in [0, 0.05) is 28.2 Å². The highest BCUT2D eigenvalue weighted by Gasteiger charge is 2.30. The number of hydrogen-bond acceptors (Lipinski definition) is 5. The lowest BCUT2D eigenvalue weighted by Crippen LogP contribution is -2.09. The largest absolute Gasteiger partial charge is 0.416 e. The van der Waals surface area contributed by atoms with Gasteiger partial charge in [0.15, 0.2) is 0 Å². The zero-order valence-corrected chi connectivity index (χ0v) is 30.6. The highest BCUT2D eigenvalue weighted by molar-refractivity contribution is 7.22. The first kappa shape index (κ1) is 33.2. The third kappa shape index (κ3) is 6.19. The number of thiazole rings is 2. The number of aromatic nitrogens is 2. The Morgan fingerprint density at radius 1 is 0.436 bits per heavy atom. The van der Waals surface area contributed by atoms with E-state index in [1.807, 2.05) is 54.6 Å². The number of hydrogen-bond donors (Lipinski definition) is 0.